The highest BCUT2D eigenvalue weighted by atomic mass is 31.1. The van der Waals surface area contributed by atoms with E-state index >= 15 is 0 Å². The first kappa shape index (κ1) is 11.8. The molecule has 0 saturated carbocycles. The smallest absolute Gasteiger partial charge is 0.316 e. The number of benzene rings is 1. The molecular formula is C7H7FNO5P. The molecule has 15 heavy (non-hydrogen) atoms. The summed E-state index contributed by atoms with van der Waals surface area (Å²) in [4.78, 5) is 17.9. The van der Waals surface area contributed by atoms with Crippen LogP contribution in [0.1, 0.15) is 5.56 Å². The predicted octanol–water partition coefficient (Wildman–Crippen LogP) is 1.63. The summed E-state index contributed by atoms with van der Waals surface area (Å²) >= 11 is 0. The molecule has 1 rings (SSSR count). The molecule has 0 fully saturated rings. The van der Waals surface area contributed by atoms with Crippen LogP contribution in [0.4, 0.5) is 10.1 Å². The van der Waals surface area contributed by atoms with Crippen LogP contribution >= 0.6 is 8.25 Å². The number of hydrogen-bond acceptors (Lipinski definition) is 4. The van der Waals surface area contributed by atoms with Crippen molar-refractivity contribution in [2.75, 3.05) is 0 Å². The molecule has 0 aliphatic rings. The molecule has 0 radical (unpaired) electrons. The quantitative estimate of drug-likeness (QED) is 0.486. The molecule has 8 heteroatoms. The monoisotopic (exact) mass is 235 g/mol. The zero-order chi connectivity index (χ0) is 11.4. The number of rotatable bonds is 4. The SMILES string of the molecule is O=[N+]([O-])c1cc(F)cc(CO[PH](=O)O)c1. The Bertz CT molecular complexity index is 410. The number of nitro groups is 1. The van der Waals surface area contributed by atoms with Crippen molar-refractivity contribution in [3.05, 3.63) is 39.7 Å². The molecule has 0 saturated heterocycles. The minimum atomic E-state index is -3.12. The van der Waals surface area contributed by atoms with Crippen LogP contribution in [0.15, 0.2) is 18.2 Å². The number of hydrogen-bond donors (Lipinski definition) is 1. The third-order valence-electron chi connectivity index (χ3n) is 1.52. The highest BCUT2D eigenvalue weighted by Crippen LogP contribution is 2.21. The lowest BCUT2D eigenvalue weighted by Crippen LogP contribution is -1.93. The summed E-state index contributed by atoms with van der Waals surface area (Å²) in [7, 11) is -3.12. The Morgan fingerprint density at radius 3 is 2.73 bits per heavy atom. The van der Waals surface area contributed by atoms with Gasteiger partial charge in [0.1, 0.15) is 5.82 Å². The van der Waals surface area contributed by atoms with Crippen molar-refractivity contribution in [1.82, 2.24) is 0 Å². The fourth-order valence-electron chi connectivity index (χ4n) is 0.967. The van der Waals surface area contributed by atoms with Gasteiger partial charge in [0.15, 0.2) is 0 Å². The molecule has 0 aliphatic carbocycles. The second-order valence-corrected chi connectivity index (χ2v) is 3.45. The van der Waals surface area contributed by atoms with Gasteiger partial charge < -0.3 is 9.42 Å². The van der Waals surface area contributed by atoms with Crippen molar-refractivity contribution < 1.29 is 23.3 Å². The van der Waals surface area contributed by atoms with Gasteiger partial charge in [-0.15, -0.1) is 0 Å². The van der Waals surface area contributed by atoms with Gasteiger partial charge >= 0.3 is 8.25 Å². The van der Waals surface area contributed by atoms with Crippen LogP contribution in [-0.2, 0) is 15.7 Å². The summed E-state index contributed by atoms with van der Waals surface area (Å²) in [6.07, 6.45) is 0. The highest BCUT2D eigenvalue weighted by molar-refractivity contribution is 7.32. The van der Waals surface area contributed by atoms with Gasteiger partial charge in [0, 0.05) is 6.07 Å². The maximum Gasteiger partial charge on any atom is 0.316 e. The van der Waals surface area contributed by atoms with E-state index in [1.807, 2.05) is 0 Å². The Kier molecular flexibility index (Phi) is 3.90. The number of nitrogens with zero attached hydrogens (tertiary/aromatic N) is 1. The van der Waals surface area contributed by atoms with E-state index in [2.05, 4.69) is 4.52 Å². The van der Waals surface area contributed by atoms with Crippen LogP contribution in [0, 0.1) is 15.9 Å². The molecule has 6 nitrogen and oxygen atoms in total. The first-order chi connectivity index (χ1) is 6.99. The molecule has 82 valence electrons. The van der Waals surface area contributed by atoms with Gasteiger partial charge in [-0.05, 0) is 11.6 Å². The molecule has 0 heterocycles. The van der Waals surface area contributed by atoms with Crippen molar-refractivity contribution in [1.29, 1.82) is 0 Å². The molecule has 0 aliphatic heterocycles. The van der Waals surface area contributed by atoms with E-state index in [0.717, 1.165) is 18.2 Å². The lowest BCUT2D eigenvalue weighted by Gasteiger charge is -2.00. The topological polar surface area (TPSA) is 89.7 Å². The fourth-order valence-corrected chi connectivity index (χ4v) is 1.26. The highest BCUT2D eigenvalue weighted by Gasteiger charge is 2.10. The van der Waals surface area contributed by atoms with E-state index in [1.54, 1.807) is 0 Å². The van der Waals surface area contributed by atoms with Crippen molar-refractivity contribution in [2.45, 2.75) is 6.61 Å². The summed E-state index contributed by atoms with van der Waals surface area (Å²) in [5.41, 5.74) is -0.291. The second-order valence-electron chi connectivity index (χ2n) is 2.63. The average molecular weight is 235 g/mol. The zero-order valence-corrected chi connectivity index (χ0v) is 8.34. The van der Waals surface area contributed by atoms with Crippen LogP contribution in [0.2, 0.25) is 0 Å². The molecule has 0 spiro atoms. The van der Waals surface area contributed by atoms with Crippen LogP contribution in [0.25, 0.3) is 0 Å². The van der Waals surface area contributed by atoms with E-state index in [1.165, 1.54) is 0 Å². The summed E-state index contributed by atoms with van der Waals surface area (Å²) in [6.45, 7) is -0.340. The first-order valence-corrected chi connectivity index (χ1v) is 5.05. The third kappa shape index (κ3) is 3.75. The van der Waals surface area contributed by atoms with Crippen LogP contribution < -0.4 is 0 Å². The summed E-state index contributed by atoms with van der Waals surface area (Å²) < 4.78 is 27.4. The molecule has 1 atom stereocenters. The fraction of sp³-hybridized carbons (Fsp3) is 0.143. The van der Waals surface area contributed by atoms with Gasteiger partial charge in [-0.3, -0.25) is 14.7 Å². The first-order valence-electron chi connectivity index (χ1n) is 3.78. The minimum Gasteiger partial charge on any atom is -0.326 e. The van der Waals surface area contributed by atoms with Crippen molar-refractivity contribution in [3.8, 4) is 0 Å². The summed E-state index contributed by atoms with van der Waals surface area (Å²) in [5, 5.41) is 10.3. The van der Waals surface area contributed by atoms with Gasteiger partial charge in [-0.25, -0.2) is 4.39 Å². The Morgan fingerprint density at radius 2 is 2.20 bits per heavy atom. The lowest BCUT2D eigenvalue weighted by molar-refractivity contribution is -0.385. The normalized spacial score (nSPS) is 12.4. The van der Waals surface area contributed by atoms with Gasteiger partial charge in [-0.1, -0.05) is 0 Å². The number of nitro benzene ring substituents is 1. The van der Waals surface area contributed by atoms with Gasteiger partial charge in [0.2, 0.25) is 0 Å². The van der Waals surface area contributed by atoms with Crippen molar-refractivity contribution in [3.63, 3.8) is 0 Å². The van der Waals surface area contributed by atoms with E-state index in [-0.39, 0.29) is 12.2 Å². The van der Waals surface area contributed by atoms with Gasteiger partial charge in [0.25, 0.3) is 5.69 Å². The molecule has 1 aromatic carbocycles. The molecule has 1 unspecified atom stereocenters. The molecule has 1 aromatic rings. The Hall–Kier alpha value is -1.30. The Balaban J connectivity index is 2.88. The maximum atomic E-state index is 12.8. The number of halogens is 1. The summed E-state index contributed by atoms with van der Waals surface area (Å²) in [5.74, 6) is -0.791. The van der Waals surface area contributed by atoms with E-state index in [9.17, 15) is 19.1 Å². The van der Waals surface area contributed by atoms with Crippen LogP contribution in [0.3, 0.4) is 0 Å². The Morgan fingerprint density at radius 1 is 1.53 bits per heavy atom. The van der Waals surface area contributed by atoms with Gasteiger partial charge in [0.05, 0.1) is 17.6 Å². The second kappa shape index (κ2) is 4.97. The van der Waals surface area contributed by atoms with E-state index < -0.39 is 24.7 Å². The van der Waals surface area contributed by atoms with E-state index in [4.69, 9.17) is 4.89 Å². The maximum absolute atomic E-state index is 12.8. The summed E-state index contributed by atoms with van der Waals surface area (Å²) in [6, 6.07) is 2.83. The predicted molar refractivity (Wildman–Crippen MR) is 49.1 cm³/mol. The van der Waals surface area contributed by atoms with E-state index in [0.29, 0.717) is 0 Å². The van der Waals surface area contributed by atoms with Gasteiger partial charge in [-0.2, -0.15) is 0 Å². The Labute approximate surface area is 84.4 Å². The molecule has 0 aromatic heterocycles. The molecule has 0 amide bonds. The van der Waals surface area contributed by atoms with Crippen LogP contribution in [0.5, 0.6) is 0 Å². The van der Waals surface area contributed by atoms with Crippen molar-refractivity contribution in [2.24, 2.45) is 0 Å². The molecule has 0 bridgehead atoms. The third-order valence-corrected chi connectivity index (χ3v) is 1.91. The zero-order valence-electron chi connectivity index (χ0n) is 7.34. The standard InChI is InChI=1S/C7H7FNO5P/c8-6-1-5(4-14-15(12)13)2-7(3-6)9(10)11/h1-3,15H,4H2,(H,12,13). The molecule has 1 N–H and O–H groups in total. The lowest BCUT2D eigenvalue weighted by atomic mass is 10.2. The molecular weight excluding hydrogens is 228 g/mol. The number of non-ortho nitro benzene ring substituents is 1. The largest absolute Gasteiger partial charge is 0.326 e. The minimum absolute atomic E-state index is 0.133. The average Bonchev–Trinajstić information content (AvgIpc) is 2.13. The van der Waals surface area contributed by atoms with Crippen molar-refractivity contribution >= 4 is 13.9 Å². The van der Waals surface area contributed by atoms with Crippen LogP contribution in [-0.4, -0.2) is 9.82 Å².